The van der Waals surface area contributed by atoms with Crippen LogP contribution in [-0.4, -0.2) is 73.8 Å². The van der Waals surface area contributed by atoms with Crippen LogP contribution in [0.1, 0.15) is 53.2 Å². The molecule has 0 spiro atoms. The first-order valence-corrected chi connectivity index (χ1v) is 11.8. The number of nitrogens with one attached hydrogen (secondary N) is 1. The minimum atomic E-state index is -3.77. The average molecular weight is 460 g/mol. The van der Waals surface area contributed by atoms with Crippen LogP contribution in [0, 0.1) is 5.82 Å². The summed E-state index contributed by atoms with van der Waals surface area (Å²) in [5.41, 5.74) is 0.459. The molecule has 1 aliphatic heterocycles. The highest BCUT2D eigenvalue weighted by atomic mass is 32.2. The van der Waals surface area contributed by atoms with Gasteiger partial charge in [-0.15, -0.1) is 0 Å². The molecule has 0 unspecified atom stereocenters. The van der Waals surface area contributed by atoms with Crippen LogP contribution >= 0.6 is 0 Å². The normalized spacial score (nSPS) is 35.1. The van der Waals surface area contributed by atoms with E-state index in [9.17, 15) is 22.7 Å². The lowest BCUT2D eigenvalue weighted by Crippen LogP contribution is -2.52. The molecule has 1 amide bonds. The van der Waals surface area contributed by atoms with E-state index >= 15 is 0 Å². The lowest BCUT2D eigenvalue weighted by molar-refractivity contribution is -0.00708. The molecule has 1 saturated carbocycles. The maximum absolute atomic E-state index is 13.7. The van der Waals surface area contributed by atoms with Gasteiger partial charge in [-0.2, -0.15) is 17.4 Å². The smallest absolute Gasteiger partial charge is 0.407 e. The number of carbonyl (C=O) groups is 1. The van der Waals surface area contributed by atoms with Gasteiger partial charge in [0.2, 0.25) is 0 Å². The van der Waals surface area contributed by atoms with Crippen molar-refractivity contribution in [3.63, 3.8) is 0 Å². The standard InChI is InChI=1S/C21H32FN3O5S/c1-14-11-19(23-31(28,29)24(2)3)20(25(14)21(26)27)13-30-18-9-7-15(8-10-18)16-5-4-6-17(22)12-16/h4-6,12,14-15,18-20,23H,7-11,13H2,1-3H3,(H,26,27)/t14-,15-,18+,19+,20+/m1/s1/i7D,15D/t7-,14-,15+,18-,19+,20+. The maximum Gasteiger partial charge on any atom is 0.407 e. The first kappa shape index (κ1) is 21.1. The van der Waals surface area contributed by atoms with Crippen LogP contribution in [-0.2, 0) is 14.9 Å². The number of rotatable bonds is 7. The highest BCUT2D eigenvalue weighted by molar-refractivity contribution is 7.87. The van der Waals surface area contributed by atoms with E-state index in [2.05, 4.69) is 4.72 Å². The molecule has 0 aromatic heterocycles. The minimum absolute atomic E-state index is 0.0282. The average Bonchev–Trinajstić information content (AvgIpc) is 3.03. The molecule has 31 heavy (non-hydrogen) atoms. The molecule has 2 aliphatic rings. The fraction of sp³-hybridized carbons (Fsp3) is 0.667. The van der Waals surface area contributed by atoms with Crippen molar-refractivity contribution in [3.05, 3.63) is 35.6 Å². The van der Waals surface area contributed by atoms with Crippen LogP contribution in [0.3, 0.4) is 0 Å². The number of ether oxygens (including phenoxy) is 1. The van der Waals surface area contributed by atoms with Gasteiger partial charge in [0.1, 0.15) is 5.82 Å². The maximum atomic E-state index is 13.7. The van der Waals surface area contributed by atoms with E-state index in [0.717, 1.165) is 4.31 Å². The summed E-state index contributed by atoms with van der Waals surface area (Å²) in [6, 6.07) is 4.02. The molecule has 1 aliphatic carbocycles. The zero-order chi connectivity index (χ0) is 24.6. The second-order valence-corrected chi connectivity index (χ2v) is 10.2. The van der Waals surface area contributed by atoms with E-state index in [1.54, 1.807) is 13.0 Å². The van der Waals surface area contributed by atoms with Crippen LogP contribution in [0.5, 0.6) is 0 Å². The lowest BCUT2D eigenvalue weighted by atomic mass is 9.82. The summed E-state index contributed by atoms with van der Waals surface area (Å²) < 4.78 is 65.2. The summed E-state index contributed by atoms with van der Waals surface area (Å²) in [5, 5.41) is 9.67. The van der Waals surface area contributed by atoms with Gasteiger partial charge in [0, 0.05) is 28.9 Å². The summed E-state index contributed by atoms with van der Waals surface area (Å²) in [4.78, 5) is 13.1. The van der Waals surface area contributed by atoms with Gasteiger partial charge in [0.05, 0.1) is 18.8 Å². The largest absolute Gasteiger partial charge is 0.465 e. The third-order valence-electron chi connectivity index (χ3n) is 5.95. The van der Waals surface area contributed by atoms with Crippen molar-refractivity contribution in [2.75, 3.05) is 20.7 Å². The van der Waals surface area contributed by atoms with Crippen molar-refractivity contribution in [2.45, 2.75) is 69.1 Å². The molecule has 0 radical (unpaired) electrons. The summed E-state index contributed by atoms with van der Waals surface area (Å²) in [7, 11) is -0.982. The number of benzene rings is 1. The fourth-order valence-electron chi connectivity index (χ4n) is 4.26. The van der Waals surface area contributed by atoms with Gasteiger partial charge in [-0.25, -0.2) is 9.18 Å². The van der Waals surface area contributed by atoms with Gasteiger partial charge in [-0.1, -0.05) is 12.1 Å². The first-order valence-electron chi connectivity index (χ1n) is 11.4. The highest BCUT2D eigenvalue weighted by Gasteiger charge is 2.44. The second kappa shape index (κ2) is 9.81. The molecule has 3 rings (SSSR count). The van der Waals surface area contributed by atoms with Crippen LogP contribution in [0.15, 0.2) is 24.3 Å². The van der Waals surface area contributed by atoms with Crippen LogP contribution < -0.4 is 4.72 Å². The minimum Gasteiger partial charge on any atom is -0.465 e. The Morgan fingerprint density at radius 3 is 2.77 bits per heavy atom. The Morgan fingerprint density at radius 2 is 2.16 bits per heavy atom. The van der Waals surface area contributed by atoms with Crippen molar-refractivity contribution >= 4 is 16.3 Å². The SMILES string of the molecule is [2H][C@@H]1C[C@@H](OC[C@H]2[C@@H](NS(=O)(=O)N(C)C)C[C@@H](C)N2C(=O)O)CC[C@@]1([2H])c1cccc(F)c1. The molecule has 6 atom stereocenters. The Bertz CT molecular complexity index is 969. The molecule has 10 heteroatoms. The topological polar surface area (TPSA) is 99.2 Å². The number of carboxylic acid groups (broad SMARTS) is 1. The fourth-order valence-corrected chi connectivity index (χ4v) is 5.10. The monoisotopic (exact) mass is 459 g/mol. The summed E-state index contributed by atoms with van der Waals surface area (Å²) in [6.07, 6.45) is -1.07. The predicted molar refractivity (Wildman–Crippen MR) is 115 cm³/mol. The molecule has 1 saturated heterocycles. The van der Waals surface area contributed by atoms with Crippen LogP contribution in [0.25, 0.3) is 0 Å². The molecule has 174 valence electrons. The molecule has 1 aromatic carbocycles. The van der Waals surface area contributed by atoms with Crippen LogP contribution in [0.2, 0.25) is 0 Å². The van der Waals surface area contributed by atoms with E-state index in [1.807, 2.05) is 0 Å². The predicted octanol–water partition coefficient (Wildman–Crippen LogP) is 2.77. The van der Waals surface area contributed by atoms with E-state index < -0.39 is 52.5 Å². The number of hydrogen-bond donors (Lipinski definition) is 2. The Labute approximate surface area is 186 Å². The van der Waals surface area contributed by atoms with E-state index in [-0.39, 0.29) is 19.1 Å². The van der Waals surface area contributed by atoms with Crippen molar-refractivity contribution in [2.24, 2.45) is 0 Å². The molecular weight excluding hydrogens is 425 g/mol. The quantitative estimate of drug-likeness (QED) is 0.653. The van der Waals surface area contributed by atoms with Gasteiger partial charge in [-0.3, -0.25) is 4.90 Å². The number of likely N-dealkylation sites (tertiary alicyclic amines) is 1. The second-order valence-electron chi connectivity index (χ2n) is 8.32. The lowest BCUT2D eigenvalue weighted by Gasteiger charge is -2.33. The summed E-state index contributed by atoms with van der Waals surface area (Å²) in [5.74, 6) is -1.69. The van der Waals surface area contributed by atoms with Crippen molar-refractivity contribution < 1.29 is 30.2 Å². The zero-order valence-corrected chi connectivity index (χ0v) is 18.8. The van der Waals surface area contributed by atoms with Gasteiger partial charge >= 0.3 is 6.09 Å². The Balaban J connectivity index is 1.68. The molecule has 0 bridgehead atoms. The van der Waals surface area contributed by atoms with E-state index in [0.29, 0.717) is 24.8 Å². The molecule has 8 nitrogen and oxygen atoms in total. The summed E-state index contributed by atoms with van der Waals surface area (Å²) in [6.45, 7) is 1.69. The van der Waals surface area contributed by atoms with Crippen LogP contribution in [0.4, 0.5) is 9.18 Å². The van der Waals surface area contributed by atoms with Crippen molar-refractivity contribution in [1.82, 2.24) is 13.9 Å². The third-order valence-corrected chi connectivity index (χ3v) is 7.52. The Hall–Kier alpha value is -1.75. The number of amides is 1. The van der Waals surface area contributed by atoms with Gasteiger partial charge in [-0.05, 0) is 62.6 Å². The molecule has 2 fully saturated rings. The molecular formula is C21H32FN3O5S. The van der Waals surface area contributed by atoms with Crippen molar-refractivity contribution in [1.29, 1.82) is 0 Å². The molecule has 1 heterocycles. The van der Waals surface area contributed by atoms with Crippen molar-refractivity contribution in [3.8, 4) is 0 Å². The molecule has 2 N–H and O–H groups in total. The zero-order valence-electron chi connectivity index (χ0n) is 20.0. The number of nitrogens with zero attached hydrogens (tertiary/aromatic N) is 2. The van der Waals surface area contributed by atoms with Gasteiger partial charge in [0.25, 0.3) is 10.2 Å². The van der Waals surface area contributed by atoms with E-state index in [1.165, 1.54) is 37.2 Å². The number of hydrogen-bond acceptors (Lipinski definition) is 4. The van der Waals surface area contributed by atoms with Gasteiger partial charge in [0.15, 0.2) is 0 Å². The molecule has 1 aromatic rings. The Morgan fingerprint density at radius 1 is 1.42 bits per heavy atom. The first-order chi connectivity index (χ1) is 15.3. The Kier molecular flexibility index (Phi) is 6.68. The highest BCUT2D eigenvalue weighted by Crippen LogP contribution is 2.35. The summed E-state index contributed by atoms with van der Waals surface area (Å²) >= 11 is 0. The van der Waals surface area contributed by atoms with Gasteiger partial charge < -0.3 is 9.84 Å². The third kappa shape index (κ3) is 5.74. The van der Waals surface area contributed by atoms with E-state index in [4.69, 9.17) is 7.48 Å². The number of halogens is 1.